The average Bonchev–Trinajstić information content (AvgIpc) is 2.61. The Morgan fingerprint density at radius 2 is 2.04 bits per heavy atom. The number of nitrogens with zero attached hydrogens (tertiary/aromatic N) is 1. The molecule has 4 rings (SSSR count). The number of para-hydroxylation sites is 2. The Morgan fingerprint density at radius 3 is 2.83 bits per heavy atom. The van der Waals surface area contributed by atoms with Gasteiger partial charge in [0.15, 0.2) is 0 Å². The van der Waals surface area contributed by atoms with Gasteiger partial charge in [0.1, 0.15) is 5.54 Å². The molecule has 1 unspecified atom stereocenters. The average molecular weight is 315 g/mol. The Balaban J connectivity index is 1.65. The van der Waals surface area contributed by atoms with Gasteiger partial charge in [-0.2, -0.15) is 0 Å². The summed E-state index contributed by atoms with van der Waals surface area (Å²) in [6.45, 7) is 3.26. The van der Waals surface area contributed by atoms with Crippen molar-refractivity contribution >= 4 is 17.3 Å². The van der Waals surface area contributed by atoms with Gasteiger partial charge >= 0.3 is 0 Å². The molecule has 1 aromatic carbocycles. The number of piperidine rings is 1. The lowest BCUT2D eigenvalue weighted by molar-refractivity contribution is -0.124. The Bertz CT molecular complexity index is 577. The predicted octanol–water partition coefficient (Wildman–Crippen LogP) is 2.14. The predicted molar refractivity (Wildman–Crippen MR) is 90.8 cm³/mol. The first-order valence-corrected chi connectivity index (χ1v) is 8.80. The van der Waals surface area contributed by atoms with Crippen LogP contribution in [0.15, 0.2) is 24.3 Å². The fourth-order valence-electron chi connectivity index (χ4n) is 4.02. The van der Waals surface area contributed by atoms with Gasteiger partial charge in [0, 0.05) is 6.61 Å². The van der Waals surface area contributed by atoms with Crippen molar-refractivity contribution in [3.05, 3.63) is 24.3 Å². The van der Waals surface area contributed by atoms with Crippen LogP contribution in [-0.2, 0) is 9.53 Å². The van der Waals surface area contributed by atoms with E-state index in [0.29, 0.717) is 6.54 Å². The maximum atomic E-state index is 13.3. The number of hydrogen-bond acceptors (Lipinski definition) is 4. The van der Waals surface area contributed by atoms with Gasteiger partial charge < -0.3 is 20.3 Å². The molecule has 2 fully saturated rings. The molecule has 1 atom stereocenters. The SMILES string of the molecule is O=C1N(CC2CCCCO2)c2ccccc2NC12CCNCC2. The van der Waals surface area contributed by atoms with Crippen LogP contribution in [0.3, 0.4) is 0 Å². The number of ether oxygens (including phenoxy) is 1. The molecule has 0 bridgehead atoms. The maximum Gasteiger partial charge on any atom is 0.252 e. The maximum absolute atomic E-state index is 13.3. The van der Waals surface area contributed by atoms with Gasteiger partial charge in [-0.25, -0.2) is 0 Å². The highest BCUT2D eigenvalue weighted by Crippen LogP contribution is 2.39. The van der Waals surface area contributed by atoms with E-state index in [1.165, 1.54) is 6.42 Å². The van der Waals surface area contributed by atoms with E-state index in [0.717, 1.165) is 56.8 Å². The molecule has 1 amide bonds. The monoisotopic (exact) mass is 315 g/mol. The summed E-state index contributed by atoms with van der Waals surface area (Å²) in [5, 5.41) is 6.92. The molecule has 5 nitrogen and oxygen atoms in total. The van der Waals surface area contributed by atoms with Crippen molar-refractivity contribution in [1.82, 2.24) is 5.32 Å². The molecule has 3 heterocycles. The van der Waals surface area contributed by atoms with Crippen LogP contribution in [0.1, 0.15) is 32.1 Å². The summed E-state index contributed by atoms with van der Waals surface area (Å²) in [5.74, 6) is 0.215. The van der Waals surface area contributed by atoms with E-state index >= 15 is 0 Å². The molecule has 124 valence electrons. The number of fused-ring (bicyclic) bond motifs is 1. The lowest BCUT2D eigenvalue weighted by Gasteiger charge is -2.46. The van der Waals surface area contributed by atoms with Crippen LogP contribution < -0.4 is 15.5 Å². The topological polar surface area (TPSA) is 53.6 Å². The second-order valence-corrected chi connectivity index (χ2v) is 6.88. The number of rotatable bonds is 2. The quantitative estimate of drug-likeness (QED) is 0.878. The number of benzene rings is 1. The van der Waals surface area contributed by atoms with E-state index in [1.54, 1.807) is 0 Å². The summed E-state index contributed by atoms with van der Waals surface area (Å²) in [6.07, 6.45) is 5.22. The molecule has 3 aliphatic rings. The Morgan fingerprint density at radius 1 is 1.22 bits per heavy atom. The van der Waals surface area contributed by atoms with Crippen LogP contribution in [0.4, 0.5) is 11.4 Å². The number of anilines is 2. The Kier molecular flexibility index (Phi) is 3.99. The minimum Gasteiger partial charge on any atom is -0.376 e. The van der Waals surface area contributed by atoms with E-state index in [4.69, 9.17) is 4.74 Å². The zero-order valence-corrected chi connectivity index (χ0v) is 13.5. The van der Waals surface area contributed by atoms with Gasteiger partial charge in [0.25, 0.3) is 5.91 Å². The van der Waals surface area contributed by atoms with Gasteiger partial charge in [0.05, 0.1) is 24.0 Å². The number of hydrogen-bond donors (Lipinski definition) is 2. The van der Waals surface area contributed by atoms with Gasteiger partial charge in [-0.3, -0.25) is 4.79 Å². The first-order valence-electron chi connectivity index (χ1n) is 8.80. The van der Waals surface area contributed by atoms with Crippen molar-refractivity contribution in [3.63, 3.8) is 0 Å². The zero-order chi connectivity index (χ0) is 15.7. The molecule has 2 N–H and O–H groups in total. The third-order valence-electron chi connectivity index (χ3n) is 5.34. The largest absolute Gasteiger partial charge is 0.376 e. The van der Waals surface area contributed by atoms with Crippen molar-refractivity contribution in [2.75, 3.05) is 36.5 Å². The molecule has 0 aromatic heterocycles. The fraction of sp³-hybridized carbons (Fsp3) is 0.611. The smallest absolute Gasteiger partial charge is 0.252 e. The van der Waals surface area contributed by atoms with E-state index < -0.39 is 5.54 Å². The molecule has 0 aliphatic carbocycles. The molecule has 0 saturated carbocycles. The lowest BCUT2D eigenvalue weighted by atomic mass is 9.84. The highest BCUT2D eigenvalue weighted by atomic mass is 16.5. The summed E-state index contributed by atoms with van der Waals surface area (Å²) in [7, 11) is 0. The van der Waals surface area contributed by atoms with Crippen molar-refractivity contribution in [2.45, 2.75) is 43.7 Å². The second-order valence-electron chi connectivity index (χ2n) is 6.88. The number of carbonyl (C=O) groups is 1. The van der Waals surface area contributed by atoms with Crippen LogP contribution in [0.2, 0.25) is 0 Å². The van der Waals surface area contributed by atoms with Gasteiger partial charge in [0.2, 0.25) is 0 Å². The summed E-state index contributed by atoms with van der Waals surface area (Å²) < 4.78 is 5.89. The summed E-state index contributed by atoms with van der Waals surface area (Å²) in [6, 6.07) is 8.16. The molecule has 3 aliphatic heterocycles. The highest BCUT2D eigenvalue weighted by Gasteiger charge is 2.46. The highest BCUT2D eigenvalue weighted by molar-refractivity contribution is 6.08. The van der Waals surface area contributed by atoms with E-state index in [2.05, 4.69) is 16.7 Å². The molecule has 23 heavy (non-hydrogen) atoms. The molecule has 5 heteroatoms. The summed E-state index contributed by atoms with van der Waals surface area (Å²) >= 11 is 0. The third-order valence-corrected chi connectivity index (χ3v) is 5.34. The normalized spacial score (nSPS) is 26.7. The second kappa shape index (κ2) is 6.13. The minimum atomic E-state index is -0.450. The van der Waals surface area contributed by atoms with Crippen molar-refractivity contribution in [2.24, 2.45) is 0 Å². The molecular weight excluding hydrogens is 290 g/mol. The summed E-state index contributed by atoms with van der Waals surface area (Å²) in [5.41, 5.74) is 1.62. The Hall–Kier alpha value is -1.59. The molecule has 0 radical (unpaired) electrons. The van der Waals surface area contributed by atoms with E-state index in [-0.39, 0.29) is 12.0 Å². The molecule has 2 saturated heterocycles. The molecule has 1 spiro atoms. The van der Waals surface area contributed by atoms with Crippen LogP contribution in [-0.4, -0.2) is 43.8 Å². The van der Waals surface area contributed by atoms with Crippen LogP contribution in [0.5, 0.6) is 0 Å². The number of amides is 1. The lowest BCUT2D eigenvalue weighted by Crippen LogP contribution is -2.62. The van der Waals surface area contributed by atoms with Crippen molar-refractivity contribution in [3.8, 4) is 0 Å². The van der Waals surface area contributed by atoms with Crippen LogP contribution >= 0.6 is 0 Å². The van der Waals surface area contributed by atoms with E-state index in [1.807, 2.05) is 23.1 Å². The van der Waals surface area contributed by atoms with Gasteiger partial charge in [-0.1, -0.05) is 12.1 Å². The van der Waals surface area contributed by atoms with Crippen molar-refractivity contribution in [1.29, 1.82) is 0 Å². The fourth-order valence-corrected chi connectivity index (χ4v) is 4.02. The number of carbonyl (C=O) groups excluding carboxylic acids is 1. The molecule has 1 aromatic rings. The number of nitrogens with one attached hydrogen (secondary N) is 2. The summed E-state index contributed by atoms with van der Waals surface area (Å²) in [4.78, 5) is 15.3. The molecular formula is C18H25N3O2. The van der Waals surface area contributed by atoms with Crippen LogP contribution in [0, 0.1) is 0 Å². The van der Waals surface area contributed by atoms with Gasteiger partial charge in [-0.15, -0.1) is 0 Å². The Labute approximate surface area is 137 Å². The van der Waals surface area contributed by atoms with E-state index in [9.17, 15) is 4.79 Å². The van der Waals surface area contributed by atoms with Gasteiger partial charge in [-0.05, 0) is 57.3 Å². The first kappa shape index (κ1) is 15.0. The minimum absolute atomic E-state index is 0.164. The zero-order valence-electron chi connectivity index (χ0n) is 13.5. The standard InChI is InChI=1S/C18H25N3O2/c22-17-18(8-10-19-11-9-18)20-15-6-1-2-7-16(15)21(17)13-14-5-3-4-12-23-14/h1-2,6-7,14,19-20H,3-5,8-13H2. The van der Waals surface area contributed by atoms with Crippen LogP contribution in [0.25, 0.3) is 0 Å². The third kappa shape index (κ3) is 2.72. The van der Waals surface area contributed by atoms with Crippen molar-refractivity contribution < 1.29 is 9.53 Å². The first-order chi connectivity index (χ1) is 11.3.